The molecule has 1 aromatic carbocycles. The first-order valence-corrected chi connectivity index (χ1v) is 11.1. The summed E-state index contributed by atoms with van der Waals surface area (Å²) in [5, 5.41) is 10.3. The van der Waals surface area contributed by atoms with Crippen molar-refractivity contribution in [1.29, 1.82) is 0 Å². The second-order valence-electron chi connectivity index (χ2n) is 7.48. The molecule has 1 aromatic heterocycles. The molecule has 30 heavy (non-hydrogen) atoms. The second kappa shape index (κ2) is 10.5. The average molecular weight is 428 g/mol. The lowest BCUT2D eigenvalue weighted by Crippen LogP contribution is -2.14. The molecule has 2 aromatic rings. The van der Waals surface area contributed by atoms with Crippen molar-refractivity contribution in [3.8, 4) is 5.75 Å². The van der Waals surface area contributed by atoms with Crippen LogP contribution in [0.2, 0.25) is 0 Å². The third kappa shape index (κ3) is 5.75. The van der Waals surface area contributed by atoms with Crippen LogP contribution in [-0.4, -0.2) is 38.8 Å². The molecule has 0 bridgehead atoms. The number of hydrogen-bond acceptors (Lipinski definition) is 5. The SMILES string of the molecule is CCCCC1=C(C)SC(COc2ccc(C(CC(=O)O)c3nccn3C)cc2)=NC1. The molecule has 6 nitrogen and oxygen atoms in total. The fraction of sp³-hybridized carbons (Fsp3) is 0.435. The number of carboxylic acids is 1. The van der Waals surface area contributed by atoms with Gasteiger partial charge in [0.25, 0.3) is 0 Å². The van der Waals surface area contributed by atoms with E-state index in [0.717, 1.165) is 35.1 Å². The maximum Gasteiger partial charge on any atom is 0.304 e. The molecule has 7 heteroatoms. The third-order valence-corrected chi connectivity index (χ3v) is 6.32. The van der Waals surface area contributed by atoms with Gasteiger partial charge in [-0.2, -0.15) is 0 Å². The molecule has 160 valence electrons. The summed E-state index contributed by atoms with van der Waals surface area (Å²) in [6.45, 7) is 5.59. The normalized spacial score (nSPS) is 15.1. The number of ether oxygens (including phenoxy) is 1. The van der Waals surface area contributed by atoms with Gasteiger partial charge in [-0.25, -0.2) is 4.98 Å². The van der Waals surface area contributed by atoms with Gasteiger partial charge in [0.1, 0.15) is 23.2 Å². The molecule has 3 rings (SSSR count). The number of hydrogen-bond donors (Lipinski definition) is 1. The van der Waals surface area contributed by atoms with Gasteiger partial charge in [0.2, 0.25) is 0 Å². The molecular weight excluding hydrogens is 398 g/mol. The highest BCUT2D eigenvalue weighted by molar-refractivity contribution is 8.17. The van der Waals surface area contributed by atoms with Crippen LogP contribution in [0.4, 0.5) is 0 Å². The van der Waals surface area contributed by atoms with Crippen molar-refractivity contribution in [3.63, 3.8) is 0 Å². The summed E-state index contributed by atoms with van der Waals surface area (Å²) in [5.74, 6) is 0.330. The van der Waals surface area contributed by atoms with Crippen molar-refractivity contribution in [2.24, 2.45) is 12.0 Å². The monoisotopic (exact) mass is 427 g/mol. The largest absolute Gasteiger partial charge is 0.487 e. The van der Waals surface area contributed by atoms with E-state index in [0.29, 0.717) is 6.61 Å². The van der Waals surface area contributed by atoms with Crippen LogP contribution in [0.15, 0.2) is 52.1 Å². The molecule has 1 atom stereocenters. The summed E-state index contributed by atoms with van der Waals surface area (Å²) in [5.41, 5.74) is 2.34. The summed E-state index contributed by atoms with van der Waals surface area (Å²) in [6.07, 6.45) is 7.04. The van der Waals surface area contributed by atoms with E-state index in [1.54, 1.807) is 18.0 Å². The van der Waals surface area contributed by atoms with Crippen LogP contribution in [0.3, 0.4) is 0 Å². The van der Waals surface area contributed by atoms with Gasteiger partial charge in [-0.1, -0.05) is 37.2 Å². The van der Waals surface area contributed by atoms with E-state index in [2.05, 4.69) is 23.8 Å². The molecule has 1 aliphatic rings. The van der Waals surface area contributed by atoms with Crippen molar-refractivity contribution < 1.29 is 14.6 Å². The molecule has 0 saturated heterocycles. The average Bonchev–Trinajstić information content (AvgIpc) is 3.16. The molecule has 1 unspecified atom stereocenters. The first kappa shape index (κ1) is 22.2. The number of aryl methyl sites for hydroxylation is 1. The van der Waals surface area contributed by atoms with Crippen molar-refractivity contribution in [1.82, 2.24) is 9.55 Å². The molecule has 0 amide bonds. The van der Waals surface area contributed by atoms with Crippen molar-refractivity contribution in [2.75, 3.05) is 13.2 Å². The number of nitrogens with zero attached hydrogens (tertiary/aromatic N) is 3. The van der Waals surface area contributed by atoms with E-state index in [1.165, 1.54) is 23.3 Å². The van der Waals surface area contributed by atoms with Gasteiger partial charge in [0.15, 0.2) is 0 Å². The van der Waals surface area contributed by atoms with Crippen molar-refractivity contribution in [3.05, 3.63) is 58.5 Å². The minimum atomic E-state index is -0.850. The van der Waals surface area contributed by atoms with Crippen LogP contribution in [0, 0.1) is 0 Å². The Kier molecular flexibility index (Phi) is 7.74. The van der Waals surface area contributed by atoms with Gasteiger partial charge in [0, 0.05) is 19.4 Å². The third-order valence-electron chi connectivity index (χ3n) is 5.24. The van der Waals surface area contributed by atoms with Crippen molar-refractivity contribution >= 4 is 22.8 Å². The maximum absolute atomic E-state index is 11.4. The van der Waals surface area contributed by atoms with Crippen LogP contribution < -0.4 is 4.74 Å². The summed E-state index contributed by atoms with van der Waals surface area (Å²) in [4.78, 5) is 21.7. The topological polar surface area (TPSA) is 76.7 Å². The van der Waals surface area contributed by atoms with E-state index in [-0.39, 0.29) is 12.3 Å². The Morgan fingerprint density at radius 3 is 2.70 bits per heavy atom. The smallest absolute Gasteiger partial charge is 0.304 e. The summed E-state index contributed by atoms with van der Waals surface area (Å²) < 4.78 is 7.79. The molecular formula is C23H29N3O3S. The zero-order valence-corrected chi connectivity index (χ0v) is 18.6. The Hall–Kier alpha value is -2.54. The molecule has 0 spiro atoms. The number of unbranched alkanes of at least 4 members (excludes halogenated alkanes) is 1. The van der Waals surface area contributed by atoms with E-state index >= 15 is 0 Å². The van der Waals surface area contributed by atoms with Gasteiger partial charge in [0.05, 0.1) is 18.9 Å². The Morgan fingerprint density at radius 2 is 2.10 bits per heavy atom. The Labute approximate surface area is 182 Å². The number of aromatic nitrogens is 2. The quantitative estimate of drug-likeness (QED) is 0.576. The highest BCUT2D eigenvalue weighted by Crippen LogP contribution is 2.30. The van der Waals surface area contributed by atoms with E-state index in [9.17, 15) is 9.90 Å². The van der Waals surface area contributed by atoms with E-state index in [1.807, 2.05) is 42.1 Å². The first-order chi connectivity index (χ1) is 14.5. The molecule has 0 fully saturated rings. The fourth-order valence-electron chi connectivity index (χ4n) is 3.48. The predicted molar refractivity (Wildman–Crippen MR) is 121 cm³/mol. The fourth-order valence-corrected chi connectivity index (χ4v) is 4.39. The number of carboxylic acid groups (broad SMARTS) is 1. The standard InChI is InChI=1S/C23H29N3O3S/c1-4-5-6-18-14-25-21(30-16(18)2)15-29-19-9-7-17(8-10-19)20(13-22(27)28)23-24-11-12-26(23)3/h7-12,20H,4-6,13-15H2,1-3H3,(H,27,28). The first-order valence-electron chi connectivity index (χ1n) is 10.3. The van der Waals surface area contributed by atoms with Crippen LogP contribution >= 0.6 is 11.8 Å². The number of aliphatic carboxylic acids is 1. The summed E-state index contributed by atoms with van der Waals surface area (Å²) in [7, 11) is 1.88. The van der Waals surface area contributed by atoms with Gasteiger partial charge < -0.3 is 14.4 Å². The maximum atomic E-state index is 11.4. The minimum absolute atomic E-state index is 0.00945. The summed E-state index contributed by atoms with van der Waals surface area (Å²) in [6, 6.07) is 7.61. The lowest BCUT2D eigenvalue weighted by molar-refractivity contribution is -0.137. The molecule has 0 aliphatic carbocycles. The molecule has 0 radical (unpaired) electrons. The summed E-state index contributed by atoms with van der Waals surface area (Å²) >= 11 is 1.71. The van der Waals surface area contributed by atoms with Crippen LogP contribution in [-0.2, 0) is 11.8 Å². The van der Waals surface area contributed by atoms with Gasteiger partial charge in [-0.3, -0.25) is 9.79 Å². The number of imidazole rings is 1. The highest BCUT2D eigenvalue weighted by atomic mass is 32.2. The second-order valence-corrected chi connectivity index (χ2v) is 8.77. The molecule has 1 N–H and O–H groups in total. The zero-order chi connectivity index (χ0) is 21.5. The lowest BCUT2D eigenvalue weighted by Gasteiger charge is -2.18. The van der Waals surface area contributed by atoms with Gasteiger partial charge in [-0.15, -0.1) is 0 Å². The lowest BCUT2D eigenvalue weighted by atomic mass is 9.94. The molecule has 2 heterocycles. The molecule has 0 saturated carbocycles. The zero-order valence-electron chi connectivity index (χ0n) is 17.8. The predicted octanol–water partition coefficient (Wildman–Crippen LogP) is 5.02. The number of benzene rings is 1. The molecule has 1 aliphatic heterocycles. The van der Waals surface area contributed by atoms with Gasteiger partial charge >= 0.3 is 5.97 Å². The van der Waals surface area contributed by atoms with E-state index < -0.39 is 5.97 Å². The Bertz CT molecular complexity index is 931. The van der Waals surface area contributed by atoms with Crippen LogP contribution in [0.5, 0.6) is 5.75 Å². The van der Waals surface area contributed by atoms with Crippen LogP contribution in [0.25, 0.3) is 0 Å². The number of rotatable bonds is 10. The highest BCUT2D eigenvalue weighted by Gasteiger charge is 2.22. The van der Waals surface area contributed by atoms with Gasteiger partial charge in [-0.05, 0) is 47.9 Å². The number of aliphatic imine (C=N–C) groups is 1. The van der Waals surface area contributed by atoms with Crippen LogP contribution in [0.1, 0.15) is 56.8 Å². The number of allylic oxidation sites excluding steroid dienone is 1. The number of carbonyl (C=O) groups is 1. The number of thioether (sulfide) groups is 1. The van der Waals surface area contributed by atoms with Crippen molar-refractivity contribution in [2.45, 2.75) is 45.4 Å². The Balaban J connectivity index is 1.61. The van der Waals surface area contributed by atoms with E-state index in [4.69, 9.17) is 4.74 Å². The Morgan fingerprint density at radius 1 is 1.33 bits per heavy atom. The minimum Gasteiger partial charge on any atom is -0.487 e.